The minimum atomic E-state index is -0.551. The molecule has 8 heteroatoms. The lowest BCUT2D eigenvalue weighted by Crippen LogP contribution is -2.13. The molecule has 0 saturated heterocycles. The van der Waals surface area contributed by atoms with Gasteiger partial charge in [0.25, 0.3) is 0 Å². The van der Waals surface area contributed by atoms with Crippen molar-refractivity contribution < 1.29 is 0 Å². The SMILES string of the molecule is O=c1nc(N/N=C/c2ccc(Cl)c(Cl)c2)cn[nH]1. The highest BCUT2D eigenvalue weighted by atomic mass is 35.5. The zero-order valence-corrected chi connectivity index (χ0v) is 10.4. The Hall–Kier alpha value is -1.92. The Kier molecular flexibility index (Phi) is 3.91. The molecule has 2 aromatic rings. The van der Waals surface area contributed by atoms with E-state index in [1.807, 2.05) is 0 Å². The Morgan fingerprint density at radius 2 is 2.17 bits per heavy atom. The van der Waals surface area contributed by atoms with Crippen LogP contribution in [0.25, 0.3) is 0 Å². The fourth-order valence-corrected chi connectivity index (χ4v) is 1.44. The highest BCUT2D eigenvalue weighted by Gasteiger charge is 1.97. The average Bonchev–Trinajstić information content (AvgIpc) is 2.34. The van der Waals surface area contributed by atoms with Crippen LogP contribution in [0.1, 0.15) is 5.56 Å². The predicted molar refractivity (Wildman–Crippen MR) is 70.3 cm³/mol. The van der Waals surface area contributed by atoms with Gasteiger partial charge in [0.05, 0.1) is 22.5 Å². The molecular formula is C10H7Cl2N5O. The van der Waals surface area contributed by atoms with E-state index < -0.39 is 5.69 Å². The number of hydrogen-bond acceptors (Lipinski definition) is 5. The third-order valence-corrected chi connectivity index (χ3v) is 2.64. The third kappa shape index (κ3) is 3.28. The van der Waals surface area contributed by atoms with Crippen LogP contribution < -0.4 is 11.1 Å². The van der Waals surface area contributed by atoms with Gasteiger partial charge in [-0.25, -0.2) is 9.89 Å². The molecule has 1 heterocycles. The Labute approximate surface area is 112 Å². The van der Waals surface area contributed by atoms with Gasteiger partial charge < -0.3 is 0 Å². The molecule has 0 radical (unpaired) electrons. The number of hydrogen-bond donors (Lipinski definition) is 2. The first-order valence-electron chi connectivity index (χ1n) is 4.81. The standard InChI is InChI=1S/C10H7Cl2N5O/c11-7-2-1-6(3-8(7)12)4-13-16-9-5-14-17-10(18)15-9/h1-5H,(H2,15,16,17,18)/b13-4+. The highest BCUT2D eigenvalue weighted by molar-refractivity contribution is 6.42. The summed E-state index contributed by atoms with van der Waals surface area (Å²) >= 11 is 11.6. The second-order valence-corrected chi connectivity index (χ2v) is 4.03. The average molecular weight is 284 g/mol. The maximum absolute atomic E-state index is 10.9. The van der Waals surface area contributed by atoms with Gasteiger partial charge in [-0.3, -0.25) is 5.43 Å². The Morgan fingerprint density at radius 3 is 2.89 bits per heavy atom. The molecule has 0 saturated carbocycles. The zero-order valence-electron chi connectivity index (χ0n) is 8.89. The van der Waals surface area contributed by atoms with Crippen LogP contribution in [0.3, 0.4) is 0 Å². The summed E-state index contributed by atoms with van der Waals surface area (Å²) in [5, 5.41) is 10.5. The number of aromatic nitrogens is 3. The zero-order chi connectivity index (χ0) is 13.0. The van der Waals surface area contributed by atoms with E-state index in [0.29, 0.717) is 10.0 Å². The van der Waals surface area contributed by atoms with Crippen molar-refractivity contribution in [3.63, 3.8) is 0 Å². The van der Waals surface area contributed by atoms with Crippen LogP contribution in [0.2, 0.25) is 10.0 Å². The van der Waals surface area contributed by atoms with Gasteiger partial charge in [-0.2, -0.15) is 15.2 Å². The molecule has 0 amide bonds. The van der Waals surface area contributed by atoms with Gasteiger partial charge in [-0.15, -0.1) is 0 Å². The van der Waals surface area contributed by atoms with Gasteiger partial charge in [0, 0.05) is 0 Å². The van der Waals surface area contributed by atoms with Crippen molar-refractivity contribution in [3.05, 3.63) is 50.5 Å². The summed E-state index contributed by atoms with van der Waals surface area (Å²) in [4.78, 5) is 14.4. The summed E-state index contributed by atoms with van der Waals surface area (Å²) in [6.07, 6.45) is 2.86. The second-order valence-electron chi connectivity index (χ2n) is 3.22. The Morgan fingerprint density at radius 1 is 1.33 bits per heavy atom. The summed E-state index contributed by atoms with van der Waals surface area (Å²) in [6.45, 7) is 0. The van der Waals surface area contributed by atoms with Crippen LogP contribution in [0, 0.1) is 0 Å². The largest absolute Gasteiger partial charge is 0.363 e. The van der Waals surface area contributed by atoms with Gasteiger partial charge in [0.2, 0.25) is 0 Å². The molecule has 0 fully saturated rings. The number of nitrogens with zero attached hydrogens (tertiary/aromatic N) is 3. The third-order valence-electron chi connectivity index (χ3n) is 1.91. The molecule has 6 nitrogen and oxygen atoms in total. The van der Waals surface area contributed by atoms with Crippen LogP contribution in [0.15, 0.2) is 34.3 Å². The number of aromatic amines is 1. The van der Waals surface area contributed by atoms with Gasteiger partial charge in [0.15, 0.2) is 5.82 Å². The fraction of sp³-hybridized carbons (Fsp3) is 0. The minimum Gasteiger partial charge on any atom is -0.260 e. The van der Waals surface area contributed by atoms with Crippen molar-refractivity contribution in [2.45, 2.75) is 0 Å². The molecular weight excluding hydrogens is 277 g/mol. The van der Waals surface area contributed by atoms with Crippen molar-refractivity contribution in [2.75, 3.05) is 5.43 Å². The molecule has 0 aliphatic carbocycles. The Bertz CT molecular complexity index is 640. The quantitative estimate of drug-likeness (QED) is 0.666. The summed E-state index contributed by atoms with van der Waals surface area (Å²) in [5.74, 6) is 0.245. The fourth-order valence-electron chi connectivity index (χ4n) is 1.13. The molecule has 18 heavy (non-hydrogen) atoms. The minimum absolute atomic E-state index is 0.245. The van der Waals surface area contributed by atoms with Gasteiger partial charge in [0.1, 0.15) is 0 Å². The Balaban J connectivity index is 2.07. The molecule has 0 spiro atoms. The van der Waals surface area contributed by atoms with E-state index in [9.17, 15) is 4.79 Å². The molecule has 0 unspecified atom stereocenters. The monoisotopic (exact) mass is 283 g/mol. The molecule has 0 aliphatic heterocycles. The summed E-state index contributed by atoms with van der Waals surface area (Å²) in [6, 6.07) is 5.08. The number of nitrogens with one attached hydrogen (secondary N) is 2. The number of hydrazone groups is 1. The lowest BCUT2D eigenvalue weighted by atomic mass is 10.2. The van der Waals surface area contributed by atoms with Crippen molar-refractivity contribution in [1.29, 1.82) is 0 Å². The maximum Gasteiger partial charge on any atom is 0.363 e. The first kappa shape index (κ1) is 12.5. The predicted octanol–water partition coefficient (Wildman–Crippen LogP) is 1.92. The molecule has 1 aromatic heterocycles. The molecule has 0 aliphatic rings. The van der Waals surface area contributed by atoms with Crippen LogP contribution in [-0.4, -0.2) is 21.4 Å². The maximum atomic E-state index is 10.9. The van der Waals surface area contributed by atoms with Crippen molar-refractivity contribution >= 4 is 35.2 Å². The van der Waals surface area contributed by atoms with E-state index in [4.69, 9.17) is 23.2 Å². The normalized spacial score (nSPS) is 10.8. The van der Waals surface area contributed by atoms with Crippen molar-refractivity contribution in [1.82, 2.24) is 15.2 Å². The topological polar surface area (TPSA) is 83.0 Å². The number of halogens is 2. The molecule has 2 rings (SSSR count). The first-order valence-corrected chi connectivity index (χ1v) is 5.56. The second kappa shape index (κ2) is 5.61. The van der Waals surface area contributed by atoms with Gasteiger partial charge >= 0.3 is 5.69 Å². The molecule has 1 aromatic carbocycles. The van der Waals surface area contributed by atoms with E-state index in [2.05, 4.69) is 25.7 Å². The van der Waals surface area contributed by atoms with E-state index in [-0.39, 0.29) is 5.82 Å². The summed E-state index contributed by atoms with van der Waals surface area (Å²) < 4.78 is 0. The van der Waals surface area contributed by atoms with E-state index in [1.165, 1.54) is 12.4 Å². The van der Waals surface area contributed by atoms with Gasteiger partial charge in [-0.1, -0.05) is 29.3 Å². The lowest BCUT2D eigenvalue weighted by Gasteiger charge is -1.98. The smallest absolute Gasteiger partial charge is 0.260 e. The van der Waals surface area contributed by atoms with Crippen LogP contribution in [0.4, 0.5) is 5.82 Å². The van der Waals surface area contributed by atoms with Crippen molar-refractivity contribution in [2.24, 2.45) is 5.10 Å². The molecule has 92 valence electrons. The van der Waals surface area contributed by atoms with Crippen LogP contribution in [-0.2, 0) is 0 Å². The molecule has 0 bridgehead atoms. The lowest BCUT2D eigenvalue weighted by molar-refractivity contribution is 0.913. The number of H-pyrrole nitrogens is 1. The molecule has 2 N–H and O–H groups in total. The summed E-state index contributed by atoms with van der Waals surface area (Å²) in [5.41, 5.74) is 2.78. The van der Waals surface area contributed by atoms with Crippen LogP contribution in [0.5, 0.6) is 0 Å². The van der Waals surface area contributed by atoms with E-state index in [0.717, 1.165) is 5.56 Å². The molecule has 0 atom stereocenters. The number of benzene rings is 1. The van der Waals surface area contributed by atoms with Gasteiger partial charge in [-0.05, 0) is 17.7 Å². The van der Waals surface area contributed by atoms with Crippen molar-refractivity contribution in [3.8, 4) is 0 Å². The van der Waals surface area contributed by atoms with Crippen LogP contribution >= 0.6 is 23.2 Å². The first-order chi connectivity index (χ1) is 8.65. The van der Waals surface area contributed by atoms with E-state index in [1.54, 1.807) is 18.2 Å². The summed E-state index contributed by atoms with van der Waals surface area (Å²) in [7, 11) is 0. The number of anilines is 1. The highest BCUT2D eigenvalue weighted by Crippen LogP contribution is 2.21. The number of rotatable bonds is 3. The van der Waals surface area contributed by atoms with E-state index >= 15 is 0 Å².